The maximum atomic E-state index is 11.7. The Bertz CT molecular complexity index is 421. The van der Waals surface area contributed by atoms with Crippen LogP contribution in [0, 0.1) is 5.41 Å². The van der Waals surface area contributed by atoms with Gasteiger partial charge in [-0.2, -0.15) is 0 Å². The first-order chi connectivity index (χ1) is 8.94. The first kappa shape index (κ1) is 16.0. The minimum atomic E-state index is -0.165. The van der Waals surface area contributed by atoms with Crippen LogP contribution in [0.2, 0.25) is 0 Å². The molecule has 0 aliphatic carbocycles. The molecule has 0 heterocycles. The summed E-state index contributed by atoms with van der Waals surface area (Å²) in [5.41, 5.74) is -0.113. The Balaban J connectivity index is 2.35. The van der Waals surface area contributed by atoms with Crippen molar-refractivity contribution in [3.05, 3.63) is 28.7 Å². The third kappa shape index (κ3) is 6.07. The van der Waals surface area contributed by atoms with E-state index >= 15 is 0 Å². The number of para-hydroxylation sites is 1. The number of ether oxygens (including phenoxy) is 1. The second-order valence-corrected chi connectivity index (χ2v) is 5.99. The van der Waals surface area contributed by atoms with Gasteiger partial charge in [0.25, 0.3) is 5.91 Å². The highest BCUT2D eigenvalue weighted by molar-refractivity contribution is 9.10. The number of hydrogen-bond acceptors (Lipinski definition) is 3. The van der Waals surface area contributed by atoms with E-state index in [1.807, 2.05) is 32.0 Å². The highest BCUT2D eigenvalue weighted by Gasteiger charge is 2.18. The molecular weight excluding hydrogens is 310 g/mol. The molecule has 0 aliphatic rings. The number of benzene rings is 1. The molecule has 0 fully saturated rings. The van der Waals surface area contributed by atoms with Gasteiger partial charge in [0, 0.05) is 13.2 Å². The fourth-order valence-electron chi connectivity index (χ4n) is 1.49. The van der Waals surface area contributed by atoms with Crippen molar-refractivity contribution in [2.75, 3.05) is 19.8 Å². The molecule has 1 aromatic carbocycles. The largest absolute Gasteiger partial charge is 0.483 e. The van der Waals surface area contributed by atoms with Crippen LogP contribution in [-0.4, -0.2) is 30.8 Å². The number of amides is 1. The van der Waals surface area contributed by atoms with Gasteiger partial charge in [-0.3, -0.25) is 4.79 Å². The molecule has 0 bridgehead atoms. The predicted molar refractivity (Wildman–Crippen MR) is 78.1 cm³/mol. The monoisotopic (exact) mass is 329 g/mol. The number of hydrogen-bond donors (Lipinski definition) is 2. The van der Waals surface area contributed by atoms with E-state index in [0.717, 1.165) is 4.47 Å². The number of halogens is 1. The lowest BCUT2D eigenvalue weighted by molar-refractivity contribution is -0.123. The van der Waals surface area contributed by atoms with Gasteiger partial charge >= 0.3 is 0 Å². The third-order valence-corrected chi connectivity index (χ3v) is 3.40. The van der Waals surface area contributed by atoms with Crippen molar-refractivity contribution in [3.63, 3.8) is 0 Å². The Morgan fingerprint density at radius 1 is 1.42 bits per heavy atom. The summed E-state index contributed by atoms with van der Waals surface area (Å²) in [5.74, 6) is 0.481. The van der Waals surface area contributed by atoms with E-state index in [0.29, 0.717) is 18.7 Å². The van der Waals surface area contributed by atoms with Crippen molar-refractivity contribution in [2.45, 2.75) is 20.3 Å². The Morgan fingerprint density at radius 2 is 2.11 bits per heavy atom. The highest BCUT2D eigenvalue weighted by atomic mass is 79.9. The molecular formula is C14H20BrNO3. The molecule has 0 aliphatic heterocycles. The van der Waals surface area contributed by atoms with Crippen LogP contribution in [0.25, 0.3) is 0 Å². The van der Waals surface area contributed by atoms with Gasteiger partial charge in [0.2, 0.25) is 0 Å². The van der Waals surface area contributed by atoms with Crippen LogP contribution in [0.5, 0.6) is 5.75 Å². The average molecular weight is 330 g/mol. The topological polar surface area (TPSA) is 58.6 Å². The maximum absolute atomic E-state index is 11.7. The number of rotatable bonds is 7. The van der Waals surface area contributed by atoms with E-state index in [4.69, 9.17) is 9.84 Å². The molecule has 0 saturated carbocycles. The van der Waals surface area contributed by atoms with Gasteiger partial charge in [-0.1, -0.05) is 26.0 Å². The Hall–Kier alpha value is -1.07. The van der Waals surface area contributed by atoms with Crippen LogP contribution in [0.1, 0.15) is 20.3 Å². The standard InChI is InChI=1S/C14H20BrNO3/c1-14(2,7-8-17)10-16-13(18)9-19-12-6-4-3-5-11(12)15/h3-6,17H,7-10H2,1-2H3,(H,16,18). The van der Waals surface area contributed by atoms with Crippen molar-refractivity contribution >= 4 is 21.8 Å². The summed E-state index contributed by atoms with van der Waals surface area (Å²) in [6, 6.07) is 7.39. The smallest absolute Gasteiger partial charge is 0.257 e. The van der Waals surface area contributed by atoms with Gasteiger partial charge in [0.05, 0.1) is 4.47 Å². The summed E-state index contributed by atoms with van der Waals surface area (Å²) < 4.78 is 6.24. The van der Waals surface area contributed by atoms with E-state index in [1.165, 1.54) is 0 Å². The molecule has 0 unspecified atom stereocenters. The lowest BCUT2D eigenvalue weighted by Gasteiger charge is -2.23. The Morgan fingerprint density at radius 3 is 2.74 bits per heavy atom. The molecule has 1 rings (SSSR count). The molecule has 0 spiro atoms. The Kier molecular flexibility index (Phi) is 6.31. The van der Waals surface area contributed by atoms with Crippen molar-refractivity contribution in [1.29, 1.82) is 0 Å². The number of aliphatic hydroxyl groups excluding tert-OH is 1. The lowest BCUT2D eigenvalue weighted by Crippen LogP contribution is -2.37. The zero-order valence-electron chi connectivity index (χ0n) is 11.3. The van der Waals surface area contributed by atoms with Gasteiger partial charge < -0.3 is 15.2 Å². The van der Waals surface area contributed by atoms with Crippen LogP contribution in [0.4, 0.5) is 0 Å². The van der Waals surface area contributed by atoms with E-state index in [2.05, 4.69) is 21.2 Å². The minimum absolute atomic E-state index is 0.0161. The van der Waals surface area contributed by atoms with E-state index in [9.17, 15) is 4.79 Å². The quantitative estimate of drug-likeness (QED) is 0.807. The zero-order valence-corrected chi connectivity index (χ0v) is 12.9. The number of carbonyl (C=O) groups excluding carboxylic acids is 1. The second kappa shape index (κ2) is 7.50. The van der Waals surface area contributed by atoms with Gasteiger partial charge in [-0.05, 0) is 39.9 Å². The van der Waals surface area contributed by atoms with Crippen LogP contribution in [0.3, 0.4) is 0 Å². The summed E-state index contributed by atoms with van der Waals surface area (Å²) in [7, 11) is 0. The minimum Gasteiger partial charge on any atom is -0.483 e. The van der Waals surface area contributed by atoms with E-state index < -0.39 is 0 Å². The fraction of sp³-hybridized carbons (Fsp3) is 0.500. The summed E-state index contributed by atoms with van der Waals surface area (Å²) >= 11 is 3.35. The molecule has 0 radical (unpaired) electrons. The number of carbonyl (C=O) groups is 1. The van der Waals surface area contributed by atoms with Crippen molar-refractivity contribution < 1.29 is 14.6 Å². The molecule has 0 atom stereocenters. The van der Waals surface area contributed by atoms with Crippen molar-refractivity contribution in [2.24, 2.45) is 5.41 Å². The molecule has 4 nitrogen and oxygen atoms in total. The van der Waals surface area contributed by atoms with Crippen LogP contribution in [0.15, 0.2) is 28.7 Å². The molecule has 19 heavy (non-hydrogen) atoms. The zero-order chi connectivity index (χ0) is 14.3. The van der Waals surface area contributed by atoms with Crippen LogP contribution in [-0.2, 0) is 4.79 Å². The first-order valence-electron chi connectivity index (χ1n) is 6.19. The summed E-state index contributed by atoms with van der Waals surface area (Å²) in [6.45, 7) is 4.62. The molecule has 1 amide bonds. The molecule has 1 aromatic rings. The molecule has 2 N–H and O–H groups in total. The highest BCUT2D eigenvalue weighted by Crippen LogP contribution is 2.23. The fourth-order valence-corrected chi connectivity index (χ4v) is 1.88. The van der Waals surface area contributed by atoms with Crippen LogP contribution >= 0.6 is 15.9 Å². The van der Waals surface area contributed by atoms with Gasteiger partial charge in [-0.15, -0.1) is 0 Å². The summed E-state index contributed by atoms with van der Waals surface area (Å²) in [4.78, 5) is 11.7. The predicted octanol–water partition coefficient (Wildman–Crippen LogP) is 2.35. The van der Waals surface area contributed by atoms with E-state index in [-0.39, 0.29) is 24.5 Å². The SMILES string of the molecule is CC(C)(CCO)CNC(=O)COc1ccccc1Br. The van der Waals surface area contributed by atoms with Crippen molar-refractivity contribution in [1.82, 2.24) is 5.32 Å². The maximum Gasteiger partial charge on any atom is 0.257 e. The molecule has 0 saturated heterocycles. The normalized spacial score (nSPS) is 11.2. The Labute approximate surface area is 122 Å². The number of aliphatic hydroxyl groups is 1. The van der Waals surface area contributed by atoms with E-state index in [1.54, 1.807) is 6.07 Å². The second-order valence-electron chi connectivity index (χ2n) is 5.13. The van der Waals surface area contributed by atoms with Gasteiger partial charge in [0.15, 0.2) is 6.61 Å². The third-order valence-electron chi connectivity index (χ3n) is 2.75. The van der Waals surface area contributed by atoms with Gasteiger partial charge in [-0.25, -0.2) is 0 Å². The van der Waals surface area contributed by atoms with Crippen molar-refractivity contribution in [3.8, 4) is 5.75 Å². The average Bonchev–Trinajstić information content (AvgIpc) is 2.35. The molecule has 5 heteroatoms. The number of nitrogens with one attached hydrogen (secondary N) is 1. The molecule has 106 valence electrons. The summed E-state index contributed by atoms with van der Waals surface area (Å²) in [6.07, 6.45) is 0.651. The molecule has 0 aromatic heterocycles. The van der Waals surface area contributed by atoms with Gasteiger partial charge in [0.1, 0.15) is 5.75 Å². The lowest BCUT2D eigenvalue weighted by atomic mass is 9.90. The summed E-state index contributed by atoms with van der Waals surface area (Å²) in [5, 5.41) is 11.7. The first-order valence-corrected chi connectivity index (χ1v) is 6.99. The van der Waals surface area contributed by atoms with Crippen LogP contribution < -0.4 is 10.1 Å².